The van der Waals surface area contributed by atoms with Crippen molar-refractivity contribution in [2.75, 3.05) is 0 Å². The Morgan fingerprint density at radius 3 is 1.29 bits per heavy atom. The van der Waals surface area contributed by atoms with Gasteiger partial charge in [0.2, 0.25) is 0 Å². The summed E-state index contributed by atoms with van der Waals surface area (Å²) in [6.07, 6.45) is 9.59. The normalized spacial score (nSPS) is 11.9. The van der Waals surface area contributed by atoms with Crippen molar-refractivity contribution in [3.8, 4) is 55.9 Å². The number of hydrogen-bond donors (Lipinski definition) is 0. The van der Waals surface area contributed by atoms with E-state index in [1.54, 1.807) is 0 Å². The molecule has 0 amide bonds. The molecule has 5 heterocycles. The number of fused-ring (bicyclic) bond motifs is 13. The lowest BCUT2D eigenvalue weighted by atomic mass is 9.85. The molecule has 15 rings (SSSR count). The fourth-order valence-corrected chi connectivity index (χ4v) is 11.7. The van der Waals surface area contributed by atoms with Crippen molar-refractivity contribution >= 4 is 86.8 Å². The number of aromatic nitrogens is 5. The van der Waals surface area contributed by atoms with Crippen LogP contribution >= 0.6 is 0 Å². The zero-order valence-corrected chi connectivity index (χ0v) is 38.9. The van der Waals surface area contributed by atoms with Crippen LogP contribution in [0.1, 0.15) is 0 Å². The van der Waals surface area contributed by atoms with Crippen LogP contribution in [0, 0.1) is 0 Å². The Labute approximate surface area is 414 Å². The SMILES string of the molecule is c1cncc(-c2ccc(-c3c(-c4ccc(-c5cccnc5)cc4)c4cc(-n5c6ccccc6c6c7ccccc7ccc65)cnc4c4ccc(-n5c6ccccc6c6c7ccccc7ccc65)cc34)cc2)c1. The highest BCUT2D eigenvalue weighted by Crippen LogP contribution is 2.47. The molecule has 15 aromatic rings. The van der Waals surface area contributed by atoms with E-state index in [0.717, 1.165) is 88.6 Å². The molecule has 0 atom stereocenters. The number of para-hydroxylation sites is 2. The lowest BCUT2D eigenvalue weighted by molar-refractivity contribution is 1.16. The third-order valence-electron chi connectivity index (χ3n) is 14.9. The lowest BCUT2D eigenvalue weighted by Crippen LogP contribution is -2.00. The van der Waals surface area contributed by atoms with Crippen LogP contribution in [-0.2, 0) is 0 Å². The van der Waals surface area contributed by atoms with E-state index >= 15 is 0 Å². The Morgan fingerprint density at radius 2 is 0.750 bits per heavy atom. The molecule has 0 aliphatic heterocycles. The minimum atomic E-state index is 0.946. The van der Waals surface area contributed by atoms with E-state index in [4.69, 9.17) is 4.98 Å². The summed E-state index contributed by atoms with van der Waals surface area (Å²) in [5, 5.41) is 13.2. The van der Waals surface area contributed by atoms with Crippen LogP contribution in [0.3, 0.4) is 0 Å². The van der Waals surface area contributed by atoms with E-state index in [-0.39, 0.29) is 0 Å². The monoisotopic (exact) mass is 915 g/mol. The van der Waals surface area contributed by atoms with Gasteiger partial charge in [-0.2, -0.15) is 0 Å². The largest absolute Gasteiger partial charge is 0.309 e. The number of pyridine rings is 3. The molecule has 0 N–H and O–H groups in total. The second-order valence-corrected chi connectivity index (χ2v) is 18.8. The topological polar surface area (TPSA) is 48.5 Å². The highest BCUT2D eigenvalue weighted by atomic mass is 15.0. The number of benzene rings is 10. The molecule has 5 aromatic heterocycles. The Balaban J connectivity index is 1.06. The second kappa shape index (κ2) is 15.9. The van der Waals surface area contributed by atoms with Crippen LogP contribution in [-0.4, -0.2) is 24.1 Å². The van der Waals surface area contributed by atoms with Crippen molar-refractivity contribution in [2.24, 2.45) is 0 Å². The van der Waals surface area contributed by atoms with Gasteiger partial charge < -0.3 is 9.13 Å². The van der Waals surface area contributed by atoms with Crippen LogP contribution in [0.5, 0.6) is 0 Å². The van der Waals surface area contributed by atoms with E-state index in [2.05, 4.69) is 232 Å². The van der Waals surface area contributed by atoms with E-state index in [0.29, 0.717) is 0 Å². The Bertz CT molecular complexity index is 4350. The molecule has 0 spiro atoms. The third kappa shape index (κ3) is 6.11. The first-order valence-electron chi connectivity index (χ1n) is 24.5. The molecular formula is C67H41N5. The van der Waals surface area contributed by atoms with Gasteiger partial charge in [-0.25, -0.2) is 0 Å². The molecule has 5 heteroatoms. The van der Waals surface area contributed by atoms with Crippen molar-refractivity contribution in [2.45, 2.75) is 0 Å². The van der Waals surface area contributed by atoms with Crippen LogP contribution in [0.4, 0.5) is 0 Å². The average Bonchev–Trinajstić information content (AvgIpc) is 3.99. The summed E-state index contributed by atoms with van der Waals surface area (Å²) in [4.78, 5) is 14.5. The molecule has 334 valence electrons. The van der Waals surface area contributed by atoms with E-state index in [1.807, 2.05) is 36.9 Å². The molecule has 5 nitrogen and oxygen atoms in total. The Morgan fingerprint density at radius 1 is 0.278 bits per heavy atom. The van der Waals surface area contributed by atoms with Crippen molar-refractivity contribution in [3.05, 3.63) is 249 Å². The van der Waals surface area contributed by atoms with Gasteiger partial charge in [-0.3, -0.25) is 15.0 Å². The maximum absolute atomic E-state index is 5.56. The Kier molecular flexibility index (Phi) is 8.89. The molecular weight excluding hydrogens is 875 g/mol. The van der Waals surface area contributed by atoms with Crippen LogP contribution in [0.15, 0.2) is 249 Å². The zero-order chi connectivity index (χ0) is 47.3. The third-order valence-corrected chi connectivity index (χ3v) is 14.9. The van der Waals surface area contributed by atoms with Gasteiger partial charge in [0, 0.05) is 62.8 Å². The average molecular weight is 916 g/mol. The molecule has 0 saturated heterocycles. The van der Waals surface area contributed by atoms with E-state index in [1.165, 1.54) is 54.1 Å². The van der Waals surface area contributed by atoms with Crippen molar-refractivity contribution in [1.29, 1.82) is 0 Å². The molecule has 0 aliphatic carbocycles. The highest BCUT2D eigenvalue weighted by Gasteiger charge is 2.23. The molecule has 0 fully saturated rings. The van der Waals surface area contributed by atoms with Gasteiger partial charge in [0.05, 0.1) is 39.5 Å². The summed E-state index contributed by atoms with van der Waals surface area (Å²) in [5.74, 6) is 0. The second-order valence-electron chi connectivity index (χ2n) is 18.8. The molecule has 10 aromatic carbocycles. The van der Waals surface area contributed by atoms with E-state index < -0.39 is 0 Å². The van der Waals surface area contributed by atoms with Gasteiger partial charge in [-0.1, -0.05) is 164 Å². The van der Waals surface area contributed by atoms with Gasteiger partial charge in [0.15, 0.2) is 0 Å². The van der Waals surface area contributed by atoms with Crippen LogP contribution in [0.25, 0.3) is 143 Å². The summed E-state index contributed by atoms with van der Waals surface area (Å²) in [7, 11) is 0. The smallest absolute Gasteiger partial charge is 0.0788 e. The van der Waals surface area contributed by atoms with Gasteiger partial charge >= 0.3 is 0 Å². The molecule has 0 aliphatic rings. The summed E-state index contributed by atoms with van der Waals surface area (Å²) < 4.78 is 4.85. The number of rotatable bonds is 6. The molecule has 0 radical (unpaired) electrons. The van der Waals surface area contributed by atoms with Crippen molar-refractivity contribution in [3.63, 3.8) is 0 Å². The van der Waals surface area contributed by atoms with Crippen molar-refractivity contribution < 1.29 is 0 Å². The summed E-state index contributed by atoms with van der Waals surface area (Å²) in [5.41, 5.74) is 16.5. The quantitative estimate of drug-likeness (QED) is 0.156. The maximum Gasteiger partial charge on any atom is 0.0788 e. The van der Waals surface area contributed by atoms with E-state index in [9.17, 15) is 0 Å². The zero-order valence-electron chi connectivity index (χ0n) is 38.9. The molecule has 0 saturated carbocycles. The maximum atomic E-state index is 5.56. The first kappa shape index (κ1) is 40.2. The van der Waals surface area contributed by atoms with Crippen LogP contribution in [0.2, 0.25) is 0 Å². The van der Waals surface area contributed by atoms with Crippen molar-refractivity contribution in [1.82, 2.24) is 24.1 Å². The highest BCUT2D eigenvalue weighted by molar-refractivity contribution is 6.24. The predicted octanol–water partition coefficient (Wildman–Crippen LogP) is 17.3. The fourth-order valence-electron chi connectivity index (χ4n) is 11.7. The van der Waals surface area contributed by atoms with Crippen LogP contribution < -0.4 is 0 Å². The standard InChI is InChI=1S/C67H41N5/c1-3-15-52-44(11-1)29-33-61-65(52)55-17-5-7-19-59(55)71(61)50-31-32-54-57(37-50)63(46-25-21-42(22-26-46)48-13-9-35-68-39-48)64(47-27-23-43(24-28-47)49-14-10-36-69-40-49)58-38-51(41-70-67(54)58)72-60-20-8-6-18-56(60)66-53-16-4-2-12-45(53)30-34-62(66)72/h1-41H. The van der Waals surface area contributed by atoms with Gasteiger partial charge in [0.25, 0.3) is 0 Å². The summed E-state index contributed by atoms with van der Waals surface area (Å²) in [6, 6.07) is 79.7. The Hall–Kier alpha value is -9.71. The molecule has 0 bridgehead atoms. The summed E-state index contributed by atoms with van der Waals surface area (Å²) in [6.45, 7) is 0. The summed E-state index contributed by atoms with van der Waals surface area (Å²) >= 11 is 0. The minimum absolute atomic E-state index is 0.946. The first-order chi connectivity index (χ1) is 35.7. The lowest BCUT2D eigenvalue weighted by Gasteiger charge is -2.21. The molecule has 72 heavy (non-hydrogen) atoms. The number of nitrogens with zero attached hydrogens (tertiary/aromatic N) is 5. The fraction of sp³-hybridized carbons (Fsp3) is 0. The minimum Gasteiger partial charge on any atom is -0.309 e. The predicted molar refractivity (Wildman–Crippen MR) is 300 cm³/mol. The first-order valence-corrected chi connectivity index (χ1v) is 24.5. The van der Waals surface area contributed by atoms with Gasteiger partial charge in [-0.15, -0.1) is 0 Å². The van der Waals surface area contributed by atoms with Gasteiger partial charge in [-0.05, 0) is 126 Å². The molecule has 0 unspecified atom stereocenters. The van der Waals surface area contributed by atoms with Gasteiger partial charge in [0.1, 0.15) is 0 Å². The number of hydrogen-bond acceptors (Lipinski definition) is 3.